The van der Waals surface area contributed by atoms with Crippen molar-refractivity contribution in [3.05, 3.63) is 29.3 Å². The molecule has 17 heavy (non-hydrogen) atoms. The average Bonchev–Trinajstić information content (AvgIpc) is 2.23. The van der Waals surface area contributed by atoms with Crippen LogP contribution in [0.15, 0.2) is 18.2 Å². The maximum absolute atomic E-state index is 12.1. The van der Waals surface area contributed by atoms with Crippen LogP contribution in [0.2, 0.25) is 0 Å². The molecule has 1 aromatic rings. The minimum atomic E-state index is -4.64. The van der Waals surface area contributed by atoms with Crippen LogP contribution in [0.1, 0.15) is 24.5 Å². The maximum atomic E-state index is 12.1. The quantitative estimate of drug-likeness (QED) is 0.868. The number of nitrogens with two attached hydrogens (primary N) is 1. The van der Waals surface area contributed by atoms with E-state index in [2.05, 4.69) is 4.74 Å². The highest BCUT2D eigenvalue weighted by Crippen LogP contribution is 2.25. The molecule has 1 rings (SSSR count). The fraction of sp³-hybridized carbons (Fsp3) is 0.500. The Kier molecular flexibility index (Phi) is 4.81. The molecule has 1 aromatic carbocycles. The molecule has 0 aliphatic carbocycles. The Morgan fingerprint density at radius 1 is 1.18 bits per heavy atom. The number of aryl methyl sites for hydroxylation is 2. The third-order valence-corrected chi connectivity index (χ3v) is 2.34. The predicted octanol–water partition coefficient (Wildman–Crippen LogP) is 3.04. The third kappa shape index (κ3) is 5.08. The Labute approximate surface area is 98.6 Å². The smallest absolute Gasteiger partial charge is 0.406 e. The second kappa shape index (κ2) is 5.91. The number of ether oxygens (including phenoxy) is 1. The van der Waals surface area contributed by atoms with E-state index in [1.54, 1.807) is 0 Å². The minimum absolute atomic E-state index is 0.149. The molecule has 0 unspecified atom stereocenters. The Bertz CT molecular complexity index is 363. The molecule has 0 saturated heterocycles. The fourth-order valence-corrected chi connectivity index (χ4v) is 1.58. The molecule has 0 amide bonds. The van der Waals surface area contributed by atoms with E-state index in [1.165, 1.54) is 12.1 Å². The van der Waals surface area contributed by atoms with Gasteiger partial charge in [0.15, 0.2) is 0 Å². The van der Waals surface area contributed by atoms with Gasteiger partial charge in [0.2, 0.25) is 0 Å². The molecule has 0 aliphatic rings. The lowest BCUT2D eigenvalue weighted by Crippen LogP contribution is -2.17. The van der Waals surface area contributed by atoms with Gasteiger partial charge in [0.05, 0.1) is 0 Å². The summed E-state index contributed by atoms with van der Waals surface area (Å²) in [5.41, 5.74) is 7.04. The zero-order valence-corrected chi connectivity index (χ0v) is 9.68. The summed E-state index contributed by atoms with van der Waals surface area (Å²) < 4.78 is 40.3. The van der Waals surface area contributed by atoms with Crippen molar-refractivity contribution in [3.8, 4) is 5.75 Å². The second-order valence-electron chi connectivity index (χ2n) is 3.78. The van der Waals surface area contributed by atoms with Crippen LogP contribution in [0.25, 0.3) is 0 Å². The Morgan fingerprint density at radius 3 is 2.35 bits per heavy atom. The van der Waals surface area contributed by atoms with Crippen LogP contribution in [0.3, 0.4) is 0 Å². The molecule has 0 fully saturated rings. The van der Waals surface area contributed by atoms with Gasteiger partial charge < -0.3 is 10.5 Å². The summed E-state index contributed by atoms with van der Waals surface area (Å²) in [6, 6.07) is 4.72. The van der Waals surface area contributed by atoms with Crippen LogP contribution in [0, 0.1) is 0 Å². The highest BCUT2D eigenvalue weighted by Gasteiger charge is 2.31. The van der Waals surface area contributed by atoms with Gasteiger partial charge in [-0.3, -0.25) is 0 Å². The minimum Gasteiger partial charge on any atom is -0.406 e. The van der Waals surface area contributed by atoms with Gasteiger partial charge >= 0.3 is 6.36 Å². The number of benzene rings is 1. The molecule has 96 valence electrons. The van der Waals surface area contributed by atoms with Gasteiger partial charge in [-0.1, -0.05) is 13.0 Å². The van der Waals surface area contributed by atoms with Crippen molar-refractivity contribution in [1.29, 1.82) is 0 Å². The van der Waals surface area contributed by atoms with Crippen molar-refractivity contribution >= 4 is 0 Å². The highest BCUT2D eigenvalue weighted by atomic mass is 19.4. The maximum Gasteiger partial charge on any atom is 0.573 e. The first kappa shape index (κ1) is 13.8. The molecule has 0 spiro atoms. The monoisotopic (exact) mass is 247 g/mol. The Morgan fingerprint density at radius 2 is 1.82 bits per heavy atom. The topological polar surface area (TPSA) is 35.2 Å². The van der Waals surface area contributed by atoms with E-state index in [1.807, 2.05) is 13.0 Å². The molecule has 0 saturated carbocycles. The van der Waals surface area contributed by atoms with Crippen molar-refractivity contribution in [2.45, 2.75) is 32.5 Å². The molecule has 0 aliphatic heterocycles. The van der Waals surface area contributed by atoms with E-state index >= 15 is 0 Å². The summed E-state index contributed by atoms with van der Waals surface area (Å²) in [6.45, 7) is 2.41. The first-order valence-electron chi connectivity index (χ1n) is 5.53. The van der Waals surface area contributed by atoms with Crippen LogP contribution >= 0.6 is 0 Å². The lowest BCUT2D eigenvalue weighted by molar-refractivity contribution is -0.274. The van der Waals surface area contributed by atoms with E-state index in [-0.39, 0.29) is 5.75 Å². The van der Waals surface area contributed by atoms with Gasteiger partial charge in [-0.2, -0.15) is 0 Å². The van der Waals surface area contributed by atoms with Crippen LogP contribution in [-0.4, -0.2) is 12.9 Å². The predicted molar refractivity (Wildman–Crippen MR) is 59.9 cm³/mol. The molecule has 0 heterocycles. The van der Waals surface area contributed by atoms with E-state index < -0.39 is 6.36 Å². The van der Waals surface area contributed by atoms with E-state index in [9.17, 15) is 13.2 Å². The van der Waals surface area contributed by atoms with Gasteiger partial charge in [-0.15, -0.1) is 13.2 Å². The molecular formula is C12H16F3NO. The third-order valence-electron chi connectivity index (χ3n) is 2.34. The normalized spacial score (nSPS) is 11.6. The average molecular weight is 247 g/mol. The van der Waals surface area contributed by atoms with Crippen molar-refractivity contribution in [3.63, 3.8) is 0 Å². The summed E-state index contributed by atoms with van der Waals surface area (Å²) in [5, 5.41) is 0. The summed E-state index contributed by atoms with van der Waals surface area (Å²) in [4.78, 5) is 0. The summed E-state index contributed by atoms with van der Waals surface area (Å²) in [6.07, 6.45) is -2.56. The second-order valence-corrected chi connectivity index (χ2v) is 3.78. The number of rotatable bonds is 5. The van der Waals surface area contributed by atoms with Crippen LogP contribution < -0.4 is 10.5 Å². The van der Waals surface area contributed by atoms with E-state index in [4.69, 9.17) is 5.73 Å². The number of alkyl halides is 3. The number of hydrogen-bond acceptors (Lipinski definition) is 2. The molecule has 2 N–H and O–H groups in total. The highest BCUT2D eigenvalue weighted by molar-refractivity contribution is 5.34. The van der Waals surface area contributed by atoms with Gasteiger partial charge in [-0.25, -0.2) is 0 Å². The molecule has 0 radical (unpaired) electrons. The summed E-state index contributed by atoms with van der Waals surface area (Å²) in [5.74, 6) is -0.149. The van der Waals surface area contributed by atoms with Crippen LogP contribution in [0.4, 0.5) is 13.2 Å². The molecule has 0 aromatic heterocycles. The van der Waals surface area contributed by atoms with Crippen molar-refractivity contribution < 1.29 is 17.9 Å². The van der Waals surface area contributed by atoms with E-state index in [0.29, 0.717) is 19.4 Å². The molecule has 0 atom stereocenters. The van der Waals surface area contributed by atoms with Crippen molar-refractivity contribution in [1.82, 2.24) is 0 Å². The molecule has 0 bridgehead atoms. The van der Waals surface area contributed by atoms with Gasteiger partial charge in [0.1, 0.15) is 5.75 Å². The largest absolute Gasteiger partial charge is 0.573 e. The number of hydrogen-bond donors (Lipinski definition) is 1. The Balaban J connectivity index is 2.88. The first-order chi connectivity index (χ1) is 7.94. The fourth-order valence-electron chi connectivity index (χ4n) is 1.58. The molecule has 5 heteroatoms. The van der Waals surface area contributed by atoms with E-state index in [0.717, 1.165) is 17.5 Å². The molecule has 2 nitrogen and oxygen atoms in total. The SMILES string of the molecule is CCc1cc(CCCN)cc(OC(F)(F)F)c1. The van der Waals surface area contributed by atoms with Crippen LogP contribution in [0.5, 0.6) is 5.75 Å². The van der Waals surface area contributed by atoms with Gasteiger partial charge in [0, 0.05) is 0 Å². The van der Waals surface area contributed by atoms with Crippen molar-refractivity contribution in [2.75, 3.05) is 6.54 Å². The van der Waals surface area contributed by atoms with Crippen molar-refractivity contribution in [2.24, 2.45) is 5.73 Å². The number of halogens is 3. The van der Waals surface area contributed by atoms with Crippen LogP contribution in [-0.2, 0) is 12.8 Å². The Hall–Kier alpha value is -1.23. The first-order valence-corrected chi connectivity index (χ1v) is 5.53. The summed E-state index contributed by atoms with van der Waals surface area (Å²) in [7, 11) is 0. The van der Waals surface area contributed by atoms with Gasteiger partial charge in [-0.05, 0) is 49.1 Å². The lowest BCUT2D eigenvalue weighted by Gasteiger charge is -2.12. The zero-order valence-electron chi connectivity index (χ0n) is 9.68. The molecular weight excluding hydrogens is 231 g/mol. The van der Waals surface area contributed by atoms with Gasteiger partial charge in [0.25, 0.3) is 0 Å². The standard InChI is InChI=1S/C12H16F3NO/c1-2-9-6-10(4-3-5-16)8-11(7-9)17-12(13,14)15/h6-8H,2-5,16H2,1H3. The summed E-state index contributed by atoms with van der Waals surface area (Å²) >= 11 is 0. The lowest BCUT2D eigenvalue weighted by atomic mass is 10.0. The zero-order chi connectivity index (χ0) is 12.9.